The molecule has 0 saturated carbocycles. The van der Waals surface area contributed by atoms with E-state index in [1.807, 2.05) is 4.90 Å². The van der Waals surface area contributed by atoms with Crippen LogP contribution in [0.15, 0.2) is 59.2 Å². The van der Waals surface area contributed by atoms with Crippen LogP contribution >= 0.6 is 23.8 Å². The minimum absolute atomic E-state index is 0.0386. The van der Waals surface area contributed by atoms with Gasteiger partial charge in [-0.1, -0.05) is 11.6 Å². The van der Waals surface area contributed by atoms with Crippen LogP contribution in [-0.2, 0) is 4.74 Å². The normalized spacial score (nSPS) is 13.1. The van der Waals surface area contributed by atoms with Crippen LogP contribution in [-0.4, -0.2) is 48.2 Å². The Kier molecular flexibility index (Phi) is 7.78. The van der Waals surface area contributed by atoms with Gasteiger partial charge in [0.05, 0.1) is 35.1 Å². The number of nitro benzene ring substituents is 1. The van der Waals surface area contributed by atoms with Crippen molar-refractivity contribution in [3.05, 3.63) is 81.3 Å². The molecule has 1 fully saturated rings. The Bertz CT molecular complexity index is 1310. The van der Waals surface area contributed by atoms with Gasteiger partial charge in [-0.3, -0.25) is 25.0 Å². The lowest BCUT2D eigenvalue weighted by atomic mass is 10.1. The Hall–Kier alpha value is -4.00. The molecule has 2 amide bonds. The zero-order valence-electron chi connectivity index (χ0n) is 18.7. The summed E-state index contributed by atoms with van der Waals surface area (Å²) in [6.07, 6.45) is 1.38. The van der Waals surface area contributed by atoms with E-state index < -0.39 is 16.7 Å². The molecule has 186 valence electrons. The van der Waals surface area contributed by atoms with Crippen LogP contribution < -0.4 is 20.9 Å². The molecule has 0 unspecified atom stereocenters. The summed E-state index contributed by atoms with van der Waals surface area (Å²) in [7, 11) is 0. The van der Waals surface area contributed by atoms with Crippen molar-refractivity contribution in [3.63, 3.8) is 0 Å². The predicted molar refractivity (Wildman–Crippen MR) is 138 cm³/mol. The first kappa shape index (κ1) is 25.1. The van der Waals surface area contributed by atoms with Crippen LogP contribution in [0, 0.1) is 10.1 Å². The molecule has 0 atom stereocenters. The van der Waals surface area contributed by atoms with Crippen molar-refractivity contribution in [2.75, 3.05) is 41.8 Å². The number of nitro groups is 1. The molecule has 11 nitrogen and oxygen atoms in total. The van der Waals surface area contributed by atoms with E-state index in [1.165, 1.54) is 30.5 Å². The number of furan rings is 1. The van der Waals surface area contributed by atoms with Crippen LogP contribution in [0.2, 0.25) is 5.02 Å². The Morgan fingerprint density at radius 3 is 2.50 bits per heavy atom. The first-order valence-electron chi connectivity index (χ1n) is 10.7. The summed E-state index contributed by atoms with van der Waals surface area (Å²) in [5.74, 6) is -0.938. The molecule has 4 rings (SSSR count). The smallest absolute Gasteiger partial charge is 0.293 e. The molecule has 1 aromatic heterocycles. The largest absolute Gasteiger partial charge is 0.459 e. The van der Waals surface area contributed by atoms with E-state index in [0.29, 0.717) is 43.4 Å². The standard InChI is InChI=1S/C23H20ClN5O6S/c24-16-13-15(4-5-17(16)26-22(31)20-2-1-9-35-20)25-23(36)27-21(30)14-3-6-18(19(12-14)29(32)33)28-7-10-34-11-8-28/h1-6,9,12-13H,7-8,10-11H2,(H,26,31)(H2,25,27,30,36). The highest BCUT2D eigenvalue weighted by Gasteiger charge is 2.23. The lowest BCUT2D eigenvalue weighted by Crippen LogP contribution is -2.37. The number of rotatable bonds is 6. The fraction of sp³-hybridized carbons (Fsp3) is 0.174. The highest BCUT2D eigenvalue weighted by atomic mass is 35.5. The molecule has 1 saturated heterocycles. The maximum Gasteiger partial charge on any atom is 0.293 e. The van der Waals surface area contributed by atoms with Crippen molar-refractivity contribution >= 4 is 63.5 Å². The van der Waals surface area contributed by atoms with Crippen LogP contribution in [0.5, 0.6) is 0 Å². The molecule has 2 aromatic carbocycles. The second-order valence-corrected chi connectivity index (χ2v) is 8.41. The number of carbonyl (C=O) groups excluding carboxylic acids is 2. The van der Waals surface area contributed by atoms with Gasteiger partial charge in [0, 0.05) is 30.4 Å². The number of benzene rings is 2. The minimum Gasteiger partial charge on any atom is -0.459 e. The molecule has 0 spiro atoms. The summed E-state index contributed by atoms with van der Waals surface area (Å²) < 4.78 is 10.3. The zero-order valence-corrected chi connectivity index (χ0v) is 20.2. The molecule has 13 heteroatoms. The van der Waals surface area contributed by atoms with Crippen LogP contribution in [0.3, 0.4) is 0 Å². The molecule has 0 bridgehead atoms. The number of halogens is 1. The lowest BCUT2D eigenvalue weighted by Gasteiger charge is -2.28. The summed E-state index contributed by atoms with van der Waals surface area (Å²) in [5, 5.41) is 19.8. The van der Waals surface area contributed by atoms with Crippen molar-refractivity contribution in [3.8, 4) is 0 Å². The molecule has 0 aliphatic carbocycles. The molecular weight excluding hydrogens is 510 g/mol. The van der Waals surface area contributed by atoms with E-state index in [0.717, 1.165) is 0 Å². The summed E-state index contributed by atoms with van der Waals surface area (Å²) in [4.78, 5) is 37.8. The first-order chi connectivity index (χ1) is 17.3. The maximum absolute atomic E-state index is 12.7. The van der Waals surface area contributed by atoms with Crippen LogP contribution in [0.1, 0.15) is 20.9 Å². The summed E-state index contributed by atoms with van der Waals surface area (Å²) in [6.45, 7) is 1.99. The number of nitrogens with zero attached hydrogens (tertiary/aromatic N) is 2. The van der Waals surface area contributed by atoms with Crippen molar-refractivity contribution in [2.45, 2.75) is 0 Å². The fourth-order valence-electron chi connectivity index (χ4n) is 3.51. The number of hydrogen-bond acceptors (Lipinski definition) is 8. The third-order valence-corrected chi connectivity index (χ3v) is 5.75. The average Bonchev–Trinajstić information content (AvgIpc) is 3.41. The van der Waals surface area contributed by atoms with Gasteiger partial charge in [-0.05, 0) is 54.7 Å². The quantitative estimate of drug-likeness (QED) is 0.245. The number of thiocarbonyl (C=S) groups is 1. The number of nitrogens with one attached hydrogen (secondary N) is 3. The van der Waals surface area contributed by atoms with Gasteiger partial charge >= 0.3 is 0 Å². The highest BCUT2D eigenvalue weighted by Crippen LogP contribution is 2.30. The highest BCUT2D eigenvalue weighted by molar-refractivity contribution is 7.80. The predicted octanol–water partition coefficient (Wildman–Crippen LogP) is 4.06. The van der Waals surface area contributed by atoms with Crippen molar-refractivity contribution < 1.29 is 23.7 Å². The van der Waals surface area contributed by atoms with Crippen LogP contribution in [0.4, 0.5) is 22.7 Å². The number of hydrogen-bond donors (Lipinski definition) is 3. The molecule has 0 radical (unpaired) electrons. The number of anilines is 3. The molecule has 2 heterocycles. The van der Waals surface area contributed by atoms with Crippen molar-refractivity contribution in [1.82, 2.24) is 5.32 Å². The van der Waals surface area contributed by atoms with Crippen LogP contribution in [0.25, 0.3) is 0 Å². The SMILES string of the molecule is O=C(NC(=S)Nc1ccc(NC(=O)c2ccco2)c(Cl)c1)c1ccc(N2CCOCC2)c([N+](=O)[O-])c1. The Morgan fingerprint density at radius 2 is 1.83 bits per heavy atom. The Morgan fingerprint density at radius 1 is 1.06 bits per heavy atom. The number of amides is 2. The van der Waals surface area contributed by atoms with E-state index in [2.05, 4.69) is 16.0 Å². The van der Waals surface area contributed by atoms with Crippen molar-refractivity contribution in [2.24, 2.45) is 0 Å². The monoisotopic (exact) mass is 529 g/mol. The van der Waals surface area contributed by atoms with Gasteiger partial charge in [0.15, 0.2) is 10.9 Å². The summed E-state index contributed by atoms with van der Waals surface area (Å²) in [6, 6.07) is 12.1. The van der Waals surface area contributed by atoms with E-state index >= 15 is 0 Å². The molecule has 1 aliphatic rings. The van der Waals surface area contributed by atoms with E-state index in [4.69, 9.17) is 33.0 Å². The number of ether oxygens (including phenoxy) is 1. The fourth-order valence-corrected chi connectivity index (χ4v) is 3.94. The molecule has 3 aromatic rings. The zero-order chi connectivity index (χ0) is 25.7. The first-order valence-corrected chi connectivity index (χ1v) is 11.5. The van der Waals surface area contributed by atoms with Crippen molar-refractivity contribution in [1.29, 1.82) is 0 Å². The van der Waals surface area contributed by atoms with Gasteiger partial charge in [-0.2, -0.15) is 0 Å². The lowest BCUT2D eigenvalue weighted by molar-refractivity contribution is -0.384. The van der Waals surface area contributed by atoms with Gasteiger partial charge < -0.3 is 24.7 Å². The maximum atomic E-state index is 12.7. The topological polar surface area (TPSA) is 139 Å². The van der Waals surface area contributed by atoms with E-state index in [1.54, 1.807) is 24.3 Å². The van der Waals surface area contributed by atoms with Gasteiger partial charge in [0.2, 0.25) is 0 Å². The van der Waals surface area contributed by atoms with E-state index in [-0.39, 0.29) is 27.1 Å². The number of morpholine rings is 1. The minimum atomic E-state index is -0.613. The third kappa shape index (κ3) is 5.97. The molecule has 36 heavy (non-hydrogen) atoms. The van der Waals surface area contributed by atoms with Gasteiger partial charge in [-0.25, -0.2) is 0 Å². The van der Waals surface area contributed by atoms with Gasteiger partial charge in [0.25, 0.3) is 17.5 Å². The second-order valence-electron chi connectivity index (χ2n) is 7.59. The molecular formula is C23H20ClN5O6S. The van der Waals surface area contributed by atoms with E-state index in [9.17, 15) is 19.7 Å². The molecule has 3 N–H and O–H groups in total. The van der Waals surface area contributed by atoms with Gasteiger partial charge in [-0.15, -0.1) is 0 Å². The average molecular weight is 530 g/mol. The third-order valence-electron chi connectivity index (χ3n) is 5.23. The summed E-state index contributed by atoms with van der Waals surface area (Å²) in [5.41, 5.74) is 1.13. The Balaban J connectivity index is 1.39. The second kappa shape index (κ2) is 11.2. The Labute approximate surface area is 215 Å². The van der Waals surface area contributed by atoms with Gasteiger partial charge in [0.1, 0.15) is 5.69 Å². The number of carbonyl (C=O) groups is 2. The molecule has 1 aliphatic heterocycles. The summed E-state index contributed by atoms with van der Waals surface area (Å²) >= 11 is 11.5.